The number of nitrogens with zero attached hydrogens (tertiary/aromatic N) is 3. The summed E-state index contributed by atoms with van der Waals surface area (Å²) in [5.74, 6) is -1.24. The first kappa shape index (κ1) is 21.3. The lowest BCUT2D eigenvalue weighted by atomic mass is 9.97. The molecule has 0 bridgehead atoms. The molecule has 1 fully saturated rings. The summed E-state index contributed by atoms with van der Waals surface area (Å²) in [6.45, 7) is 1.10. The van der Waals surface area contributed by atoms with Crippen LogP contribution in [0, 0.1) is 5.92 Å². The van der Waals surface area contributed by atoms with Crippen molar-refractivity contribution in [3.8, 4) is 5.75 Å². The number of carbonyl (C=O) groups is 2. The molecule has 2 heterocycles. The topological polar surface area (TPSA) is 105 Å². The van der Waals surface area contributed by atoms with Crippen molar-refractivity contribution in [1.29, 1.82) is 0 Å². The standard InChI is InChI=1S/C19H19F3N4O4/c20-19(21,22)30-14-3-1-2-12(10-14)11-17(27)23-15-4-5-16(25-24-15)26-8-6-13(7-9-26)18(28)29/h1-5,10,13H,6-9,11H2,(H,28,29)(H,23,24,27). The number of benzene rings is 1. The highest BCUT2D eigenvalue weighted by Crippen LogP contribution is 2.24. The highest BCUT2D eigenvalue weighted by Gasteiger charge is 2.31. The molecular formula is C19H19F3N4O4. The third-order valence-corrected chi connectivity index (χ3v) is 4.58. The first-order valence-corrected chi connectivity index (χ1v) is 9.15. The number of hydrogen-bond donors (Lipinski definition) is 2. The number of hydrogen-bond acceptors (Lipinski definition) is 6. The summed E-state index contributed by atoms with van der Waals surface area (Å²) >= 11 is 0. The third-order valence-electron chi connectivity index (χ3n) is 4.58. The van der Waals surface area contributed by atoms with Crippen molar-refractivity contribution in [2.24, 2.45) is 5.92 Å². The molecule has 160 valence electrons. The summed E-state index contributed by atoms with van der Waals surface area (Å²) < 4.78 is 40.7. The van der Waals surface area contributed by atoms with E-state index < -0.39 is 24.0 Å². The minimum absolute atomic E-state index is 0.165. The molecule has 0 aliphatic carbocycles. The lowest BCUT2D eigenvalue weighted by Crippen LogP contribution is -2.36. The van der Waals surface area contributed by atoms with E-state index in [1.807, 2.05) is 4.90 Å². The van der Waals surface area contributed by atoms with Crippen LogP contribution >= 0.6 is 0 Å². The average molecular weight is 424 g/mol. The predicted octanol–water partition coefficient (Wildman–Crippen LogP) is 2.86. The maximum absolute atomic E-state index is 12.3. The summed E-state index contributed by atoms with van der Waals surface area (Å²) in [7, 11) is 0. The van der Waals surface area contributed by atoms with E-state index in [1.165, 1.54) is 12.1 Å². The molecule has 0 spiro atoms. The van der Waals surface area contributed by atoms with Gasteiger partial charge in [-0.1, -0.05) is 12.1 Å². The fraction of sp³-hybridized carbons (Fsp3) is 0.368. The van der Waals surface area contributed by atoms with Gasteiger partial charge < -0.3 is 20.1 Å². The van der Waals surface area contributed by atoms with Gasteiger partial charge in [-0.2, -0.15) is 0 Å². The fourth-order valence-corrected chi connectivity index (χ4v) is 3.14. The second-order valence-corrected chi connectivity index (χ2v) is 6.80. The minimum atomic E-state index is -4.80. The summed E-state index contributed by atoms with van der Waals surface area (Å²) in [5.41, 5.74) is 0.347. The number of anilines is 2. The van der Waals surface area contributed by atoms with Crippen LogP contribution in [0.15, 0.2) is 36.4 Å². The van der Waals surface area contributed by atoms with Crippen LogP contribution in [-0.2, 0) is 16.0 Å². The van der Waals surface area contributed by atoms with Gasteiger partial charge in [-0.15, -0.1) is 23.4 Å². The van der Waals surface area contributed by atoms with Gasteiger partial charge in [0.05, 0.1) is 12.3 Å². The largest absolute Gasteiger partial charge is 0.573 e. The number of aromatic nitrogens is 2. The Morgan fingerprint density at radius 1 is 1.17 bits per heavy atom. The van der Waals surface area contributed by atoms with Crippen molar-refractivity contribution < 1.29 is 32.6 Å². The van der Waals surface area contributed by atoms with Crippen LogP contribution in [0.1, 0.15) is 18.4 Å². The predicted molar refractivity (Wildman–Crippen MR) is 100 cm³/mol. The van der Waals surface area contributed by atoms with Crippen molar-refractivity contribution in [3.05, 3.63) is 42.0 Å². The molecule has 0 unspecified atom stereocenters. The highest BCUT2D eigenvalue weighted by atomic mass is 19.4. The molecule has 0 saturated carbocycles. The number of carbonyl (C=O) groups excluding carboxylic acids is 1. The van der Waals surface area contributed by atoms with Crippen LogP contribution in [0.3, 0.4) is 0 Å². The number of amides is 1. The molecule has 1 aromatic carbocycles. The molecule has 1 aliphatic rings. The third kappa shape index (κ3) is 6.06. The Labute approximate surface area is 169 Å². The van der Waals surface area contributed by atoms with Gasteiger partial charge in [0.25, 0.3) is 0 Å². The Hall–Kier alpha value is -3.37. The van der Waals surface area contributed by atoms with Crippen molar-refractivity contribution >= 4 is 23.5 Å². The lowest BCUT2D eigenvalue weighted by molar-refractivity contribution is -0.274. The zero-order valence-corrected chi connectivity index (χ0v) is 15.7. The molecule has 1 aromatic heterocycles. The summed E-state index contributed by atoms with van der Waals surface area (Å²) in [5, 5.41) is 19.6. The van der Waals surface area contributed by atoms with E-state index in [2.05, 4.69) is 20.3 Å². The number of carboxylic acids is 1. The molecule has 30 heavy (non-hydrogen) atoms. The van der Waals surface area contributed by atoms with Gasteiger partial charge in [-0.05, 0) is 42.7 Å². The molecule has 0 radical (unpaired) electrons. The monoisotopic (exact) mass is 424 g/mol. The van der Waals surface area contributed by atoms with E-state index in [0.717, 1.165) is 12.1 Å². The molecule has 2 N–H and O–H groups in total. The number of piperidine rings is 1. The molecule has 3 rings (SSSR count). The van der Waals surface area contributed by atoms with Crippen LogP contribution in [0.2, 0.25) is 0 Å². The van der Waals surface area contributed by atoms with Crippen LogP contribution in [0.25, 0.3) is 0 Å². The quantitative estimate of drug-likeness (QED) is 0.735. The van der Waals surface area contributed by atoms with Crippen LogP contribution in [-0.4, -0.2) is 46.6 Å². The second-order valence-electron chi connectivity index (χ2n) is 6.80. The van der Waals surface area contributed by atoms with E-state index in [-0.39, 0.29) is 18.2 Å². The number of nitrogens with one attached hydrogen (secondary N) is 1. The molecule has 8 nitrogen and oxygen atoms in total. The number of halogens is 3. The van der Waals surface area contributed by atoms with Crippen molar-refractivity contribution in [3.63, 3.8) is 0 Å². The van der Waals surface area contributed by atoms with E-state index in [0.29, 0.717) is 37.3 Å². The Morgan fingerprint density at radius 2 is 1.90 bits per heavy atom. The number of ether oxygens (including phenoxy) is 1. The summed E-state index contributed by atoms with van der Waals surface area (Å²) in [4.78, 5) is 25.1. The first-order chi connectivity index (χ1) is 14.2. The van der Waals surface area contributed by atoms with Crippen molar-refractivity contribution in [1.82, 2.24) is 10.2 Å². The maximum atomic E-state index is 12.3. The fourth-order valence-electron chi connectivity index (χ4n) is 3.14. The van der Waals surface area contributed by atoms with Crippen molar-refractivity contribution in [2.45, 2.75) is 25.6 Å². The van der Waals surface area contributed by atoms with E-state index in [9.17, 15) is 22.8 Å². The Kier molecular flexibility index (Phi) is 6.38. The zero-order valence-electron chi connectivity index (χ0n) is 15.7. The Bertz CT molecular complexity index is 897. The molecule has 1 amide bonds. The number of rotatable bonds is 6. The molecule has 1 aliphatic heterocycles. The Morgan fingerprint density at radius 3 is 2.50 bits per heavy atom. The van der Waals surface area contributed by atoms with E-state index in [4.69, 9.17) is 5.11 Å². The first-order valence-electron chi connectivity index (χ1n) is 9.15. The average Bonchev–Trinajstić information content (AvgIpc) is 2.67. The minimum Gasteiger partial charge on any atom is -0.481 e. The van der Waals surface area contributed by atoms with E-state index in [1.54, 1.807) is 12.1 Å². The second kappa shape index (κ2) is 8.97. The molecular weight excluding hydrogens is 405 g/mol. The van der Waals surface area contributed by atoms with Gasteiger partial charge in [0, 0.05) is 13.1 Å². The van der Waals surface area contributed by atoms with Gasteiger partial charge in [0.1, 0.15) is 5.75 Å². The molecule has 1 saturated heterocycles. The van der Waals surface area contributed by atoms with Gasteiger partial charge >= 0.3 is 12.3 Å². The van der Waals surface area contributed by atoms with E-state index >= 15 is 0 Å². The van der Waals surface area contributed by atoms with Crippen molar-refractivity contribution in [2.75, 3.05) is 23.3 Å². The van der Waals surface area contributed by atoms with Crippen LogP contribution in [0.5, 0.6) is 5.75 Å². The number of aliphatic carboxylic acids is 1. The van der Waals surface area contributed by atoms with Gasteiger partial charge in [0.15, 0.2) is 11.6 Å². The number of alkyl halides is 3. The summed E-state index contributed by atoms with van der Waals surface area (Å²) in [6.07, 6.45) is -3.93. The van der Waals surface area contributed by atoms with Gasteiger partial charge in [0.2, 0.25) is 5.91 Å². The molecule has 2 aromatic rings. The molecule has 0 atom stereocenters. The Balaban J connectivity index is 1.54. The van der Waals surface area contributed by atoms with Crippen LogP contribution < -0.4 is 15.0 Å². The lowest BCUT2D eigenvalue weighted by Gasteiger charge is -2.30. The maximum Gasteiger partial charge on any atom is 0.573 e. The molecule has 11 heteroatoms. The van der Waals surface area contributed by atoms with Gasteiger partial charge in [-0.3, -0.25) is 9.59 Å². The van der Waals surface area contributed by atoms with Crippen LogP contribution in [0.4, 0.5) is 24.8 Å². The number of carboxylic acid groups (broad SMARTS) is 1. The smallest absolute Gasteiger partial charge is 0.481 e. The summed E-state index contributed by atoms with van der Waals surface area (Å²) in [6, 6.07) is 8.40. The SMILES string of the molecule is O=C(Cc1cccc(OC(F)(F)F)c1)Nc1ccc(N2CCC(C(=O)O)CC2)nn1. The van der Waals surface area contributed by atoms with Gasteiger partial charge in [-0.25, -0.2) is 0 Å². The normalized spacial score (nSPS) is 15.0. The highest BCUT2D eigenvalue weighted by molar-refractivity contribution is 5.91. The zero-order chi connectivity index (χ0) is 21.7.